The maximum Gasteiger partial charge on any atom is 0.301 e. The van der Waals surface area contributed by atoms with Gasteiger partial charge in [-0.1, -0.05) is 57.2 Å². The zero-order valence-electron chi connectivity index (χ0n) is 18.3. The molecule has 1 atom stereocenters. The molecule has 32 heavy (non-hydrogen) atoms. The minimum atomic E-state index is -0.790. The van der Waals surface area contributed by atoms with Gasteiger partial charge in [0.15, 0.2) is 5.13 Å². The Hall–Kier alpha value is -3.45. The minimum Gasteiger partial charge on any atom is -0.507 e. The summed E-state index contributed by atoms with van der Waals surface area (Å²) < 4.78 is 5.25. The largest absolute Gasteiger partial charge is 0.507 e. The van der Waals surface area contributed by atoms with Crippen molar-refractivity contribution in [1.29, 1.82) is 0 Å². The maximum absolute atomic E-state index is 13.1. The van der Waals surface area contributed by atoms with E-state index in [0.29, 0.717) is 16.4 Å². The summed E-state index contributed by atoms with van der Waals surface area (Å²) >= 11 is 1.26. The third-order valence-electron chi connectivity index (χ3n) is 5.51. The van der Waals surface area contributed by atoms with E-state index >= 15 is 0 Å². The standard InChI is InChI=1S/C25H24N2O4S/c1-25(2,3)17-10-8-15(9-11-17)20-19(21(28)16-6-5-7-18(14-16)31-4)22(29)23(30)27(20)24-26-12-13-32-24/h5-14,20,28H,1-4H3/b21-19+. The molecule has 1 aliphatic rings. The van der Waals surface area contributed by atoms with E-state index in [1.807, 2.05) is 24.3 Å². The first-order valence-electron chi connectivity index (χ1n) is 10.2. The lowest BCUT2D eigenvalue weighted by Crippen LogP contribution is -2.29. The maximum atomic E-state index is 13.1. The lowest BCUT2D eigenvalue weighted by atomic mass is 9.85. The summed E-state index contributed by atoms with van der Waals surface area (Å²) in [6.07, 6.45) is 1.58. The van der Waals surface area contributed by atoms with Crippen LogP contribution >= 0.6 is 11.3 Å². The normalized spacial score (nSPS) is 18.2. The molecule has 0 saturated carbocycles. The summed E-state index contributed by atoms with van der Waals surface area (Å²) in [6.45, 7) is 6.35. The van der Waals surface area contributed by atoms with Crippen LogP contribution in [-0.2, 0) is 15.0 Å². The van der Waals surface area contributed by atoms with Gasteiger partial charge < -0.3 is 9.84 Å². The van der Waals surface area contributed by atoms with Crippen molar-refractivity contribution in [2.45, 2.75) is 32.2 Å². The number of aromatic nitrogens is 1. The molecular formula is C25H24N2O4S. The molecule has 0 spiro atoms. The van der Waals surface area contributed by atoms with Gasteiger partial charge in [0.05, 0.1) is 18.7 Å². The van der Waals surface area contributed by atoms with E-state index in [1.165, 1.54) is 23.3 Å². The topological polar surface area (TPSA) is 79.7 Å². The summed E-state index contributed by atoms with van der Waals surface area (Å²) in [5.41, 5.74) is 2.23. The number of carbonyl (C=O) groups is 2. The number of rotatable bonds is 4. The van der Waals surface area contributed by atoms with Crippen molar-refractivity contribution in [1.82, 2.24) is 4.98 Å². The molecule has 1 aromatic heterocycles. The molecular weight excluding hydrogens is 424 g/mol. The van der Waals surface area contributed by atoms with Gasteiger partial charge in [0, 0.05) is 17.1 Å². The Morgan fingerprint density at radius 2 is 1.84 bits per heavy atom. The van der Waals surface area contributed by atoms with Crippen molar-refractivity contribution < 1.29 is 19.4 Å². The van der Waals surface area contributed by atoms with Gasteiger partial charge >= 0.3 is 5.91 Å². The number of benzene rings is 2. The van der Waals surface area contributed by atoms with Gasteiger partial charge in [-0.15, -0.1) is 11.3 Å². The number of methoxy groups -OCH3 is 1. The van der Waals surface area contributed by atoms with Crippen LogP contribution in [0, 0.1) is 0 Å². The van der Waals surface area contributed by atoms with Gasteiger partial charge in [-0.2, -0.15) is 0 Å². The van der Waals surface area contributed by atoms with Crippen molar-refractivity contribution in [3.05, 3.63) is 82.4 Å². The van der Waals surface area contributed by atoms with E-state index in [2.05, 4.69) is 25.8 Å². The van der Waals surface area contributed by atoms with Crippen LogP contribution in [0.5, 0.6) is 5.75 Å². The predicted octanol–water partition coefficient (Wildman–Crippen LogP) is 5.08. The Labute approximate surface area is 190 Å². The molecule has 1 fully saturated rings. The average Bonchev–Trinajstić information content (AvgIpc) is 3.39. The van der Waals surface area contributed by atoms with Crippen molar-refractivity contribution in [2.75, 3.05) is 12.0 Å². The smallest absolute Gasteiger partial charge is 0.301 e. The highest BCUT2D eigenvalue weighted by Crippen LogP contribution is 2.43. The van der Waals surface area contributed by atoms with E-state index in [1.54, 1.807) is 35.8 Å². The van der Waals surface area contributed by atoms with Crippen LogP contribution in [0.4, 0.5) is 5.13 Å². The molecule has 0 bridgehead atoms. The fraction of sp³-hybridized carbons (Fsp3) is 0.240. The molecule has 6 nitrogen and oxygen atoms in total. The summed E-state index contributed by atoms with van der Waals surface area (Å²) in [6, 6.07) is 13.8. The van der Waals surface area contributed by atoms with Crippen molar-refractivity contribution in [3.63, 3.8) is 0 Å². The molecule has 0 aliphatic carbocycles. The van der Waals surface area contributed by atoms with Gasteiger partial charge in [0.25, 0.3) is 5.78 Å². The third kappa shape index (κ3) is 3.80. The third-order valence-corrected chi connectivity index (χ3v) is 6.28. The Kier molecular flexibility index (Phi) is 5.60. The van der Waals surface area contributed by atoms with E-state index in [0.717, 1.165) is 11.1 Å². The number of ether oxygens (including phenoxy) is 1. The molecule has 3 aromatic rings. The summed E-state index contributed by atoms with van der Waals surface area (Å²) in [5, 5.41) is 13.3. The van der Waals surface area contributed by atoms with E-state index in [9.17, 15) is 14.7 Å². The number of hydrogen-bond acceptors (Lipinski definition) is 6. The molecule has 2 heterocycles. The predicted molar refractivity (Wildman–Crippen MR) is 125 cm³/mol. The Morgan fingerprint density at radius 1 is 1.12 bits per heavy atom. The van der Waals surface area contributed by atoms with Gasteiger partial charge in [-0.3, -0.25) is 14.5 Å². The fourth-order valence-corrected chi connectivity index (χ4v) is 4.44. The Balaban J connectivity index is 1.91. The molecule has 164 valence electrons. The van der Waals surface area contributed by atoms with Crippen LogP contribution in [0.15, 0.2) is 65.7 Å². The highest BCUT2D eigenvalue weighted by atomic mass is 32.1. The number of Topliss-reactive ketones (excluding diaryl/α,β-unsaturated/α-hetero) is 1. The highest BCUT2D eigenvalue weighted by molar-refractivity contribution is 7.14. The SMILES string of the molecule is COc1cccc(/C(O)=C2\C(=O)C(=O)N(c3nccs3)C2c2ccc(C(C)(C)C)cc2)c1. The van der Waals surface area contributed by atoms with E-state index in [-0.39, 0.29) is 16.7 Å². The minimum absolute atomic E-state index is 0.0296. The number of anilines is 1. The van der Waals surface area contributed by atoms with Crippen LogP contribution in [-0.4, -0.2) is 28.9 Å². The van der Waals surface area contributed by atoms with E-state index in [4.69, 9.17) is 4.74 Å². The molecule has 1 N–H and O–H groups in total. The second-order valence-corrected chi connectivity index (χ2v) is 9.46. The second kappa shape index (κ2) is 8.24. The van der Waals surface area contributed by atoms with Crippen molar-refractivity contribution in [3.8, 4) is 5.75 Å². The summed E-state index contributed by atoms with van der Waals surface area (Å²) in [4.78, 5) is 31.8. The Bertz CT molecular complexity index is 1190. The lowest BCUT2D eigenvalue weighted by molar-refractivity contribution is -0.132. The molecule has 1 saturated heterocycles. The van der Waals surface area contributed by atoms with Crippen LogP contribution in [0.25, 0.3) is 5.76 Å². The fourth-order valence-electron chi connectivity index (χ4n) is 3.77. The summed E-state index contributed by atoms with van der Waals surface area (Å²) in [5.74, 6) is -1.17. The summed E-state index contributed by atoms with van der Waals surface area (Å²) in [7, 11) is 1.53. The molecule has 0 radical (unpaired) electrons. The zero-order chi connectivity index (χ0) is 23.0. The molecule has 4 rings (SSSR count). The number of nitrogens with zero attached hydrogens (tertiary/aromatic N) is 2. The first-order chi connectivity index (χ1) is 15.2. The van der Waals surface area contributed by atoms with Crippen LogP contribution in [0.2, 0.25) is 0 Å². The lowest BCUT2D eigenvalue weighted by Gasteiger charge is -2.24. The first-order valence-corrected chi connectivity index (χ1v) is 11.1. The number of ketones is 1. The molecule has 1 unspecified atom stereocenters. The van der Waals surface area contributed by atoms with Gasteiger partial charge in [0.1, 0.15) is 11.5 Å². The number of aliphatic hydroxyl groups excluding tert-OH is 1. The Morgan fingerprint density at radius 3 is 2.44 bits per heavy atom. The van der Waals surface area contributed by atoms with Gasteiger partial charge in [-0.05, 0) is 28.7 Å². The van der Waals surface area contributed by atoms with Crippen LogP contribution < -0.4 is 9.64 Å². The van der Waals surface area contributed by atoms with E-state index < -0.39 is 17.7 Å². The van der Waals surface area contributed by atoms with Crippen molar-refractivity contribution >= 4 is 33.9 Å². The molecule has 1 amide bonds. The number of thiazole rings is 1. The van der Waals surface area contributed by atoms with Crippen molar-refractivity contribution in [2.24, 2.45) is 0 Å². The molecule has 2 aromatic carbocycles. The van der Waals surface area contributed by atoms with Gasteiger partial charge in [-0.25, -0.2) is 4.98 Å². The zero-order valence-corrected chi connectivity index (χ0v) is 19.1. The van der Waals surface area contributed by atoms with Crippen LogP contribution in [0.1, 0.15) is 43.5 Å². The number of amides is 1. The highest BCUT2D eigenvalue weighted by Gasteiger charge is 2.48. The average molecular weight is 449 g/mol. The molecule has 7 heteroatoms. The number of aliphatic hydroxyl groups is 1. The van der Waals surface area contributed by atoms with Crippen LogP contribution in [0.3, 0.4) is 0 Å². The monoisotopic (exact) mass is 448 g/mol. The molecule has 1 aliphatic heterocycles. The quantitative estimate of drug-likeness (QED) is 0.342. The first kappa shape index (κ1) is 21.8. The second-order valence-electron chi connectivity index (χ2n) is 8.59. The number of hydrogen-bond donors (Lipinski definition) is 1. The van der Waals surface area contributed by atoms with Gasteiger partial charge in [0.2, 0.25) is 0 Å². The number of carbonyl (C=O) groups excluding carboxylic acids is 2.